The van der Waals surface area contributed by atoms with Gasteiger partial charge in [-0.2, -0.15) is 0 Å². The zero-order valence-electron chi connectivity index (χ0n) is 17.2. The minimum atomic E-state index is 0.290. The number of carbonyl (C=O) groups is 1. The normalized spacial score (nSPS) is 19.1. The molecule has 3 aromatic rings. The van der Waals surface area contributed by atoms with Crippen LogP contribution in [-0.2, 0) is 13.0 Å². The van der Waals surface area contributed by atoms with Gasteiger partial charge in [-0.05, 0) is 46.7 Å². The van der Waals surface area contributed by atoms with Crippen LogP contribution < -0.4 is 0 Å². The largest absolute Gasteiger partial charge is 0.320 e. The first-order valence-corrected chi connectivity index (χ1v) is 11.1. The fourth-order valence-corrected chi connectivity index (χ4v) is 4.77. The molecule has 1 aliphatic carbocycles. The van der Waals surface area contributed by atoms with Crippen molar-refractivity contribution in [3.63, 3.8) is 0 Å². The molecule has 2 heterocycles. The van der Waals surface area contributed by atoms with E-state index in [1.165, 1.54) is 18.4 Å². The van der Waals surface area contributed by atoms with E-state index < -0.39 is 0 Å². The number of aromatic amines is 1. The molecule has 1 saturated carbocycles. The average Bonchev–Trinajstić information content (AvgIpc) is 3.41. The molecule has 4 rings (SSSR count). The van der Waals surface area contributed by atoms with Crippen LogP contribution in [0.5, 0.6) is 0 Å². The van der Waals surface area contributed by atoms with Gasteiger partial charge in [-0.25, -0.2) is 10.1 Å². The summed E-state index contributed by atoms with van der Waals surface area (Å²) in [6, 6.07) is 8.69. The third kappa shape index (κ3) is 4.31. The summed E-state index contributed by atoms with van der Waals surface area (Å²) in [4.78, 5) is 16.0. The van der Waals surface area contributed by atoms with Crippen molar-refractivity contribution in [3.05, 3.63) is 57.9 Å². The predicted molar refractivity (Wildman–Crippen MR) is 115 cm³/mol. The van der Waals surface area contributed by atoms with Gasteiger partial charge in [-0.1, -0.05) is 62.1 Å². The summed E-state index contributed by atoms with van der Waals surface area (Å²) >= 11 is 6.20. The number of tetrazole rings is 1. The molecule has 1 aromatic carbocycles. The third-order valence-electron chi connectivity index (χ3n) is 6.13. The van der Waals surface area contributed by atoms with Crippen LogP contribution >= 0.6 is 11.6 Å². The van der Waals surface area contributed by atoms with Crippen molar-refractivity contribution in [1.82, 2.24) is 30.2 Å². The summed E-state index contributed by atoms with van der Waals surface area (Å²) in [5, 5.41) is 15.0. The lowest BCUT2D eigenvalue weighted by Gasteiger charge is -2.30. The SMILES string of the molecule is CCCCc1nc(Cl)c(C=O)n1Cc1ccc([C@@H]2CCCC[C@H]2c2nnn[nH]2)cc1. The van der Waals surface area contributed by atoms with Crippen LogP contribution in [0.15, 0.2) is 24.3 Å². The van der Waals surface area contributed by atoms with E-state index in [1.54, 1.807) is 0 Å². The number of benzene rings is 1. The van der Waals surface area contributed by atoms with Gasteiger partial charge in [-0.15, -0.1) is 5.10 Å². The lowest BCUT2D eigenvalue weighted by Crippen LogP contribution is -2.17. The molecule has 0 spiro atoms. The van der Waals surface area contributed by atoms with Crippen LogP contribution in [-0.4, -0.2) is 36.5 Å². The van der Waals surface area contributed by atoms with Crippen LogP contribution in [0, 0.1) is 0 Å². The van der Waals surface area contributed by atoms with Crippen molar-refractivity contribution < 1.29 is 4.79 Å². The van der Waals surface area contributed by atoms with Gasteiger partial charge in [0.05, 0.1) is 0 Å². The number of aromatic nitrogens is 6. The van der Waals surface area contributed by atoms with Gasteiger partial charge in [0.2, 0.25) is 0 Å². The maximum Gasteiger partial charge on any atom is 0.169 e. The van der Waals surface area contributed by atoms with Crippen molar-refractivity contribution in [1.29, 1.82) is 0 Å². The third-order valence-corrected chi connectivity index (χ3v) is 6.41. The van der Waals surface area contributed by atoms with Gasteiger partial charge < -0.3 is 4.57 Å². The summed E-state index contributed by atoms with van der Waals surface area (Å²) in [5.74, 6) is 2.50. The highest BCUT2D eigenvalue weighted by Gasteiger charge is 2.30. The Labute approximate surface area is 181 Å². The zero-order valence-corrected chi connectivity index (χ0v) is 18.0. The second-order valence-corrected chi connectivity index (χ2v) is 8.40. The van der Waals surface area contributed by atoms with Crippen LogP contribution in [0.3, 0.4) is 0 Å². The highest BCUT2D eigenvalue weighted by Crippen LogP contribution is 2.42. The van der Waals surface area contributed by atoms with Gasteiger partial charge in [0.15, 0.2) is 17.3 Å². The summed E-state index contributed by atoms with van der Waals surface area (Å²) in [6.45, 7) is 2.73. The number of imidazole rings is 1. The van der Waals surface area contributed by atoms with Crippen LogP contribution in [0.4, 0.5) is 0 Å². The Morgan fingerprint density at radius 1 is 1.20 bits per heavy atom. The number of halogens is 1. The number of aldehydes is 1. The highest BCUT2D eigenvalue weighted by atomic mass is 35.5. The number of carbonyl (C=O) groups excluding carboxylic acids is 1. The van der Waals surface area contributed by atoms with Gasteiger partial charge >= 0.3 is 0 Å². The molecule has 8 heteroatoms. The minimum absolute atomic E-state index is 0.290. The quantitative estimate of drug-likeness (QED) is 0.527. The van der Waals surface area contributed by atoms with Gasteiger partial charge in [0.25, 0.3) is 0 Å². The zero-order chi connectivity index (χ0) is 20.9. The molecule has 158 valence electrons. The molecule has 1 fully saturated rings. The Balaban J connectivity index is 1.55. The van der Waals surface area contributed by atoms with Gasteiger partial charge in [0, 0.05) is 18.9 Å². The van der Waals surface area contributed by atoms with E-state index in [0.29, 0.717) is 29.2 Å². The van der Waals surface area contributed by atoms with E-state index in [0.717, 1.165) is 55.6 Å². The van der Waals surface area contributed by atoms with E-state index in [4.69, 9.17) is 11.6 Å². The minimum Gasteiger partial charge on any atom is -0.320 e. The molecule has 1 aliphatic rings. The van der Waals surface area contributed by atoms with Crippen molar-refractivity contribution in [3.8, 4) is 0 Å². The molecule has 0 unspecified atom stereocenters. The monoisotopic (exact) mass is 426 g/mol. The molecule has 7 nitrogen and oxygen atoms in total. The molecular formula is C22H27ClN6O. The Hall–Kier alpha value is -2.54. The summed E-state index contributed by atoms with van der Waals surface area (Å²) < 4.78 is 1.95. The molecule has 2 aromatic heterocycles. The molecule has 0 aliphatic heterocycles. The highest BCUT2D eigenvalue weighted by molar-refractivity contribution is 6.31. The van der Waals surface area contributed by atoms with Gasteiger partial charge in [0.1, 0.15) is 11.5 Å². The number of hydrogen-bond acceptors (Lipinski definition) is 5. The maximum absolute atomic E-state index is 11.6. The standard InChI is InChI=1S/C22H27ClN6O/c1-2-3-8-20-24-21(23)19(14-30)29(20)13-15-9-11-16(12-10-15)17-6-4-5-7-18(17)22-25-27-28-26-22/h9-12,14,17-18H,2-8,13H2,1H3,(H,25,26,27,28)/t17-,18+/m0/s1. The van der Waals surface area contributed by atoms with Crippen LogP contribution in [0.25, 0.3) is 0 Å². The topological polar surface area (TPSA) is 89.3 Å². The van der Waals surface area contributed by atoms with E-state index in [9.17, 15) is 4.79 Å². The second-order valence-electron chi connectivity index (χ2n) is 8.04. The summed E-state index contributed by atoms with van der Waals surface area (Å²) in [5.41, 5.74) is 2.89. The molecule has 0 amide bonds. The first kappa shape index (κ1) is 20.7. The molecule has 0 radical (unpaired) electrons. The second kappa shape index (κ2) is 9.51. The van der Waals surface area contributed by atoms with Crippen molar-refractivity contribution in [2.75, 3.05) is 0 Å². The molecule has 2 atom stereocenters. The maximum atomic E-state index is 11.6. The predicted octanol–water partition coefficient (Wildman–Crippen LogP) is 4.69. The van der Waals surface area contributed by atoms with Gasteiger partial charge in [-0.3, -0.25) is 4.79 Å². The van der Waals surface area contributed by atoms with E-state index in [1.807, 2.05) is 4.57 Å². The molecule has 0 saturated heterocycles. The Bertz CT molecular complexity index is 966. The van der Waals surface area contributed by atoms with Crippen molar-refractivity contribution in [2.24, 2.45) is 0 Å². The first-order chi connectivity index (χ1) is 14.7. The number of hydrogen-bond donors (Lipinski definition) is 1. The Kier molecular flexibility index (Phi) is 6.57. The molecule has 30 heavy (non-hydrogen) atoms. The number of aryl methyl sites for hydroxylation is 1. The summed E-state index contributed by atoms with van der Waals surface area (Å²) in [6.07, 6.45) is 8.37. The number of rotatable bonds is 8. The number of unbranched alkanes of at least 4 members (excludes halogenated alkanes) is 1. The molecular weight excluding hydrogens is 400 g/mol. The van der Waals surface area contributed by atoms with E-state index in [2.05, 4.69) is 56.8 Å². The van der Waals surface area contributed by atoms with E-state index >= 15 is 0 Å². The van der Waals surface area contributed by atoms with Crippen LogP contribution in [0.1, 0.15) is 90.5 Å². The Morgan fingerprint density at radius 3 is 2.63 bits per heavy atom. The average molecular weight is 427 g/mol. The lowest BCUT2D eigenvalue weighted by atomic mass is 9.75. The number of H-pyrrole nitrogens is 1. The molecule has 1 N–H and O–H groups in total. The fourth-order valence-electron chi connectivity index (χ4n) is 4.53. The van der Waals surface area contributed by atoms with E-state index in [-0.39, 0.29) is 0 Å². The van der Waals surface area contributed by atoms with Crippen molar-refractivity contribution >= 4 is 17.9 Å². The smallest absolute Gasteiger partial charge is 0.169 e. The fraction of sp³-hybridized carbons (Fsp3) is 0.500. The number of nitrogens with one attached hydrogen (secondary N) is 1. The first-order valence-electron chi connectivity index (χ1n) is 10.7. The lowest BCUT2D eigenvalue weighted by molar-refractivity contribution is 0.111. The number of nitrogens with zero attached hydrogens (tertiary/aromatic N) is 5. The molecule has 0 bridgehead atoms. The Morgan fingerprint density at radius 2 is 1.97 bits per heavy atom. The summed E-state index contributed by atoms with van der Waals surface area (Å²) in [7, 11) is 0. The van der Waals surface area contributed by atoms with Crippen LogP contribution in [0.2, 0.25) is 5.15 Å². The van der Waals surface area contributed by atoms with Crippen molar-refractivity contribution in [2.45, 2.75) is 70.3 Å².